The molecule has 0 aliphatic heterocycles. The van der Waals surface area contributed by atoms with Crippen LogP contribution < -0.4 is 0 Å². The zero-order valence-corrected chi connectivity index (χ0v) is 7.14. The molecule has 0 aromatic carbocycles. The minimum absolute atomic E-state index is 0.372. The van der Waals surface area contributed by atoms with Crippen molar-refractivity contribution in [2.24, 2.45) is 0 Å². The van der Waals surface area contributed by atoms with Crippen molar-refractivity contribution in [3.63, 3.8) is 0 Å². The van der Waals surface area contributed by atoms with Gasteiger partial charge >= 0.3 is 0 Å². The molecule has 1 aromatic rings. The van der Waals surface area contributed by atoms with Crippen molar-refractivity contribution in [1.82, 2.24) is 0 Å². The molecule has 0 radical (unpaired) electrons. The van der Waals surface area contributed by atoms with Crippen LogP contribution in [0.25, 0.3) is 0 Å². The number of aryl methyl sites for hydroxylation is 1. The summed E-state index contributed by atoms with van der Waals surface area (Å²) in [4.78, 5) is 10.2. The van der Waals surface area contributed by atoms with Crippen molar-refractivity contribution in [2.45, 2.75) is 13.3 Å². The van der Waals surface area contributed by atoms with Crippen LogP contribution >= 0.6 is 15.9 Å². The number of hydrogen-bond donors (Lipinski definition) is 0. The average molecular weight is 203 g/mol. The van der Waals surface area contributed by atoms with Gasteiger partial charge < -0.3 is 4.42 Å². The van der Waals surface area contributed by atoms with Crippen LogP contribution in [0.5, 0.6) is 0 Å². The van der Waals surface area contributed by atoms with Gasteiger partial charge in [-0.1, -0.05) is 6.92 Å². The molecule has 0 amide bonds. The van der Waals surface area contributed by atoms with E-state index in [0.717, 1.165) is 16.7 Å². The molecule has 0 unspecified atom stereocenters. The van der Waals surface area contributed by atoms with E-state index in [-0.39, 0.29) is 0 Å². The number of carbonyl (C=O) groups excluding carboxylic acids is 1. The molecule has 3 heteroatoms. The number of halogens is 1. The Bertz CT molecular complexity index is 240. The SMILES string of the molecule is CCc1cc(Br)c(C=O)o1. The Morgan fingerprint density at radius 2 is 2.50 bits per heavy atom. The highest BCUT2D eigenvalue weighted by Crippen LogP contribution is 2.19. The number of carbonyl (C=O) groups is 1. The summed E-state index contributed by atoms with van der Waals surface area (Å²) in [7, 11) is 0. The molecule has 1 aromatic heterocycles. The zero-order valence-electron chi connectivity index (χ0n) is 5.56. The van der Waals surface area contributed by atoms with Gasteiger partial charge in [-0.3, -0.25) is 4.79 Å². The van der Waals surface area contributed by atoms with E-state index in [2.05, 4.69) is 15.9 Å². The van der Waals surface area contributed by atoms with Gasteiger partial charge in [-0.2, -0.15) is 0 Å². The molecule has 0 aliphatic rings. The Morgan fingerprint density at radius 3 is 2.80 bits per heavy atom. The summed E-state index contributed by atoms with van der Waals surface area (Å²) >= 11 is 3.19. The van der Waals surface area contributed by atoms with Gasteiger partial charge in [0.2, 0.25) is 0 Å². The summed E-state index contributed by atoms with van der Waals surface area (Å²) in [6, 6.07) is 1.81. The van der Waals surface area contributed by atoms with Crippen molar-refractivity contribution in [2.75, 3.05) is 0 Å². The molecule has 10 heavy (non-hydrogen) atoms. The molecule has 0 atom stereocenters. The van der Waals surface area contributed by atoms with Crippen molar-refractivity contribution in [3.05, 3.63) is 22.1 Å². The summed E-state index contributed by atoms with van der Waals surface area (Å²) < 4.78 is 5.83. The van der Waals surface area contributed by atoms with Gasteiger partial charge in [-0.25, -0.2) is 0 Å². The fourth-order valence-electron chi connectivity index (χ4n) is 0.686. The maximum Gasteiger partial charge on any atom is 0.186 e. The second kappa shape index (κ2) is 3.01. The minimum Gasteiger partial charge on any atom is -0.457 e. The fraction of sp³-hybridized carbons (Fsp3) is 0.286. The maximum absolute atomic E-state index is 10.2. The van der Waals surface area contributed by atoms with Crippen LogP contribution in [0.1, 0.15) is 23.2 Å². The number of hydrogen-bond acceptors (Lipinski definition) is 2. The standard InChI is InChI=1S/C7H7BrO2/c1-2-5-3-6(8)7(4-9)10-5/h3-4H,2H2,1H3. The first kappa shape index (κ1) is 7.54. The Balaban J connectivity index is 3.03. The maximum atomic E-state index is 10.2. The number of furan rings is 1. The third-order valence-corrected chi connectivity index (χ3v) is 1.84. The van der Waals surface area contributed by atoms with Gasteiger partial charge in [0, 0.05) is 6.42 Å². The molecule has 54 valence electrons. The molecule has 0 bridgehead atoms. The Labute approximate surface area is 67.3 Å². The van der Waals surface area contributed by atoms with Gasteiger partial charge in [-0.05, 0) is 22.0 Å². The highest BCUT2D eigenvalue weighted by molar-refractivity contribution is 9.10. The van der Waals surface area contributed by atoms with Gasteiger partial charge in [-0.15, -0.1) is 0 Å². The molecule has 0 spiro atoms. The van der Waals surface area contributed by atoms with Crippen molar-refractivity contribution in [3.8, 4) is 0 Å². The van der Waals surface area contributed by atoms with Crippen LogP contribution in [0.4, 0.5) is 0 Å². The minimum atomic E-state index is 0.372. The third-order valence-electron chi connectivity index (χ3n) is 1.22. The lowest BCUT2D eigenvalue weighted by Gasteiger charge is -1.82. The van der Waals surface area contributed by atoms with E-state index < -0.39 is 0 Å². The molecule has 0 fully saturated rings. The van der Waals surface area contributed by atoms with E-state index in [9.17, 15) is 4.79 Å². The quantitative estimate of drug-likeness (QED) is 0.691. The van der Waals surface area contributed by atoms with Gasteiger partial charge in [0.25, 0.3) is 0 Å². The average Bonchev–Trinajstić information content (AvgIpc) is 2.30. The van der Waals surface area contributed by atoms with E-state index in [0.29, 0.717) is 12.0 Å². The summed E-state index contributed by atoms with van der Waals surface area (Å²) in [6.07, 6.45) is 1.51. The first-order valence-corrected chi connectivity index (χ1v) is 3.80. The second-order valence-electron chi connectivity index (χ2n) is 1.90. The highest BCUT2D eigenvalue weighted by atomic mass is 79.9. The summed E-state index contributed by atoms with van der Waals surface area (Å²) in [6.45, 7) is 1.97. The van der Waals surface area contributed by atoms with Crippen LogP contribution in [-0.4, -0.2) is 6.29 Å². The predicted molar refractivity (Wildman–Crippen MR) is 41.2 cm³/mol. The van der Waals surface area contributed by atoms with Crippen molar-refractivity contribution in [1.29, 1.82) is 0 Å². The first-order valence-electron chi connectivity index (χ1n) is 3.01. The molecule has 2 nitrogen and oxygen atoms in total. The Morgan fingerprint density at radius 1 is 1.80 bits per heavy atom. The summed E-state index contributed by atoms with van der Waals surface area (Å²) in [5.74, 6) is 1.20. The molecule has 0 N–H and O–H groups in total. The van der Waals surface area contributed by atoms with E-state index in [1.54, 1.807) is 0 Å². The molecule has 1 rings (SSSR count). The normalized spacial score (nSPS) is 9.80. The molecular weight excluding hydrogens is 196 g/mol. The van der Waals surface area contributed by atoms with E-state index >= 15 is 0 Å². The van der Waals surface area contributed by atoms with Crippen molar-refractivity contribution < 1.29 is 9.21 Å². The zero-order chi connectivity index (χ0) is 7.56. The second-order valence-corrected chi connectivity index (χ2v) is 2.75. The molecular formula is C7H7BrO2. The molecule has 0 saturated heterocycles. The fourth-order valence-corrected chi connectivity index (χ4v) is 1.12. The van der Waals surface area contributed by atoms with Crippen molar-refractivity contribution >= 4 is 22.2 Å². The van der Waals surface area contributed by atoms with Gasteiger partial charge in [0.15, 0.2) is 12.0 Å². The molecule has 0 aliphatic carbocycles. The highest BCUT2D eigenvalue weighted by Gasteiger charge is 2.04. The first-order chi connectivity index (χ1) is 4.77. The Kier molecular flexibility index (Phi) is 2.27. The van der Waals surface area contributed by atoms with Crippen LogP contribution in [0.2, 0.25) is 0 Å². The topological polar surface area (TPSA) is 30.2 Å². The van der Waals surface area contributed by atoms with Gasteiger partial charge in [0.1, 0.15) is 5.76 Å². The number of rotatable bonds is 2. The lowest BCUT2D eigenvalue weighted by Crippen LogP contribution is -1.72. The van der Waals surface area contributed by atoms with E-state index in [1.807, 2.05) is 13.0 Å². The largest absolute Gasteiger partial charge is 0.457 e. The smallest absolute Gasteiger partial charge is 0.186 e. The van der Waals surface area contributed by atoms with Crippen LogP contribution in [0.3, 0.4) is 0 Å². The third kappa shape index (κ3) is 1.29. The van der Waals surface area contributed by atoms with Crippen LogP contribution in [0, 0.1) is 0 Å². The lowest BCUT2D eigenvalue weighted by molar-refractivity contribution is 0.109. The lowest BCUT2D eigenvalue weighted by atomic mass is 10.4. The predicted octanol–water partition coefficient (Wildman–Crippen LogP) is 2.42. The van der Waals surface area contributed by atoms with Crippen LogP contribution in [0.15, 0.2) is 15.0 Å². The summed E-state index contributed by atoms with van der Waals surface area (Å²) in [5, 5.41) is 0. The molecule has 1 heterocycles. The Hall–Kier alpha value is -0.570. The summed E-state index contributed by atoms with van der Waals surface area (Å²) in [5.41, 5.74) is 0. The monoisotopic (exact) mass is 202 g/mol. The van der Waals surface area contributed by atoms with Crippen LogP contribution in [-0.2, 0) is 6.42 Å². The van der Waals surface area contributed by atoms with Gasteiger partial charge in [0.05, 0.1) is 4.47 Å². The van der Waals surface area contributed by atoms with E-state index in [4.69, 9.17) is 4.42 Å². The number of aldehydes is 1. The molecule has 0 saturated carbocycles. The van der Waals surface area contributed by atoms with E-state index in [1.165, 1.54) is 0 Å².